The largest absolute Gasteiger partial charge is 0.426 e. The minimum Gasteiger partial charge on any atom is -0.426 e. The summed E-state index contributed by atoms with van der Waals surface area (Å²) in [6.07, 6.45) is 2.32. The van der Waals surface area contributed by atoms with Gasteiger partial charge in [-0.15, -0.1) is 5.10 Å². The zero-order chi connectivity index (χ0) is 12.1. The number of nitrogens with zero attached hydrogens (tertiary/aromatic N) is 2. The van der Waals surface area contributed by atoms with Crippen molar-refractivity contribution in [2.24, 2.45) is 0 Å². The van der Waals surface area contributed by atoms with E-state index >= 15 is 0 Å². The first kappa shape index (κ1) is 11.5. The Morgan fingerprint density at radius 2 is 2.35 bits per heavy atom. The van der Waals surface area contributed by atoms with Crippen molar-refractivity contribution in [1.82, 2.24) is 10.2 Å². The highest BCUT2D eigenvalue weighted by Crippen LogP contribution is 2.22. The minimum absolute atomic E-state index is 0.0657. The van der Waals surface area contributed by atoms with Crippen LogP contribution < -0.4 is 9.50 Å². The van der Waals surface area contributed by atoms with Crippen molar-refractivity contribution in [3.63, 3.8) is 0 Å². The summed E-state index contributed by atoms with van der Waals surface area (Å²) in [6, 6.07) is 7.41. The van der Waals surface area contributed by atoms with Crippen LogP contribution in [-0.4, -0.2) is 22.7 Å². The highest BCUT2D eigenvalue weighted by Gasteiger charge is 2.05. The fraction of sp³-hybridized carbons (Fsp3) is 0.100. The van der Waals surface area contributed by atoms with Crippen LogP contribution >= 0.6 is 12.0 Å². The lowest BCUT2D eigenvalue weighted by Gasteiger charge is -2.04. The van der Waals surface area contributed by atoms with Crippen LogP contribution in [-0.2, 0) is 0 Å². The lowest BCUT2D eigenvalue weighted by atomic mass is 10.3. The first-order valence-electron chi connectivity index (χ1n) is 4.68. The van der Waals surface area contributed by atoms with Gasteiger partial charge in [0.15, 0.2) is 0 Å². The molecule has 0 bridgehead atoms. The van der Waals surface area contributed by atoms with E-state index in [1.54, 1.807) is 6.07 Å². The third-order valence-corrected chi connectivity index (χ3v) is 2.17. The van der Waals surface area contributed by atoms with Gasteiger partial charge in [-0.25, -0.2) is 0 Å². The van der Waals surface area contributed by atoms with Gasteiger partial charge in [0, 0.05) is 18.0 Å². The molecule has 1 aromatic heterocycles. The molecule has 0 aliphatic rings. The molecule has 0 unspecified atom stereocenters. The molecule has 0 fully saturated rings. The van der Waals surface area contributed by atoms with Crippen LogP contribution in [0.25, 0.3) is 0 Å². The summed E-state index contributed by atoms with van der Waals surface area (Å²) in [5.41, 5.74) is 0.734. The number of hydrogen-bond donors (Lipinski definition) is 1. The molecule has 0 spiro atoms. The molecule has 1 heterocycles. The number of benzene rings is 1. The molecule has 0 saturated carbocycles. The highest BCUT2D eigenvalue weighted by atomic mass is 32.2. The van der Waals surface area contributed by atoms with Crippen LogP contribution in [0.1, 0.15) is 10.7 Å². The minimum atomic E-state index is -0.0657. The van der Waals surface area contributed by atoms with Crippen LogP contribution in [0, 0.1) is 0 Å². The van der Waals surface area contributed by atoms with E-state index in [9.17, 15) is 4.79 Å². The van der Waals surface area contributed by atoms with Crippen molar-refractivity contribution >= 4 is 30.0 Å². The van der Waals surface area contributed by atoms with Gasteiger partial charge in [0.05, 0.1) is 12.0 Å². The average molecular weight is 251 g/mol. The van der Waals surface area contributed by atoms with Crippen molar-refractivity contribution < 1.29 is 13.4 Å². The monoisotopic (exact) mass is 251 g/mol. The summed E-state index contributed by atoms with van der Waals surface area (Å²) in [7, 11) is 0. The maximum Gasteiger partial charge on any atom is 0.320 e. The lowest BCUT2D eigenvalue weighted by molar-refractivity contribution is 0.109. The number of rotatable bonds is 5. The molecule has 0 radical (unpaired) electrons. The van der Waals surface area contributed by atoms with Crippen molar-refractivity contribution in [3.8, 4) is 5.75 Å². The molecule has 88 valence electrons. The Morgan fingerprint density at radius 3 is 3.06 bits per heavy atom. The first-order chi connectivity index (χ1) is 8.31. The second kappa shape index (κ2) is 5.35. The molecular formula is C10H9N3O3S. The van der Waals surface area contributed by atoms with Gasteiger partial charge in [0.2, 0.25) is 6.29 Å². The molecule has 0 aliphatic heterocycles. The Balaban J connectivity index is 2.12. The number of nitrogens with one attached hydrogen (secondary N) is 1. The predicted octanol–water partition coefficient (Wildman–Crippen LogP) is 2.28. The molecule has 0 atom stereocenters. The second-order valence-electron chi connectivity index (χ2n) is 2.97. The summed E-state index contributed by atoms with van der Waals surface area (Å²) in [5.74, 6) is 0.640. The normalized spacial score (nSPS) is 9.94. The summed E-state index contributed by atoms with van der Waals surface area (Å²) >= 11 is 1.25. The average Bonchev–Trinajstić information content (AvgIpc) is 2.78. The molecule has 2 rings (SSSR count). The van der Waals surface area contributed by atoms with Crippen LogP contribution in [0.3, 0.4) is 0 Å². The molecule has 6 nitrogen and oxygen atoms in total. The van der Waals surface area contributed by atoms with E-state index < -0.39 is 0 Å². The van der Waals surface area contributed by atoms with Gasteiger partial charge in [-0.1, -0.05) is 11.2 Å². The fourth-order valence-electron chi connectivity index (χ4n) is 1.18. The highest BCUT2D eigenvalue weighted by molar-refractivity contribution is 7.94. The molecular weight excluding hydrogens is 242 g/mol. The lowest BCUT2D eigenvalue weighted by Crippen LogP contribution is -1.90. The van der Waals surface area contributed by atoms with E-state index in [1.165, 1.54) is 12.0 Å². The topological polar surface area (TPSA) is 77.2 Å². The van der Waals surface area contributed by atoms with E-state index in [2.05, 4.69) is 15.5 Å². The maximum atomic E-state index is 10.4. The number of hydrogen-bond acceptors (Lipinski definition) is 7. The first-order valence-corrected chi connectivity index (χ1v) is 5.83. The summed E-state index contributed by atoms with van der Waals surface area (Å²) in [4.78, 5) is 10.4. The van der Waals surface area contributed by atoms with Crippen molar-refractivity contribution in [2.45, 2.75) is 0 Å². The third kappa shape index (κ3) is 2.97. The van der Waals surface area contributed by atoms with Crippen LogP contribution in [0.15, 0.2) is 28.7 Å². The molecule has 7 heteroatoms. The number of carbonyl (C=O) groups is 1. The number of carbonyl (C=O) groups excluding carboxylic acids is 1. The zero-order valence-electron chi connectivity index (χ0n) is 8.91. The predicted molar refractivity (Wildman–Crippen MR) is 63.6 cm³/mol. The van der Waals surface area contributed by atoms with Gasteiger partial charge >= 0.3 is 6.01 Å². The van der Waals surface area contributed by atoms with Gasteiger partial charge in [0.1, 0.15) is 5.75 Å². The maximum absolute atomic E-state index is 10.4. The molecule has 0 aliphatic carbocycles. The van der Waals surface area contributed by atoms with E-state index in [-0.39, 0.29) is 11.9 Å². The van der Waals surface area contributed by atoms with Crippen LogP contribution in [0.4, 0.5) is 11.7 Å². The van der Waals surface area contributed by atoms with Gasteiger partial charge in [-0.2, -0.15) is 0 Å². The SMILES string of the molecule is CSOc1cccc(Nc2nnc(C=O)o2)c1. The number of aromatic nitrogens is 2. The number of anilines is 2. The zero-order valence-corrected chi connectivity index (χ0v) is 9.73. The molecule has 1 aromatic carbocycles. The van der Waals surface area contributed by atoms with Crippen molar-refractivity contribution in [1.29, 1.82) is 0 Å². The van der Waals surface area contributed by atoms with E-state index in [0.717, 1.165) is 5.69 Å². The van der Waals surface area contributed by atoms with Crippen LogP contribution in [0.2, 0.25) is 0 Å². The summed E-state index contributed by atoms with van der Waals surface area (Å²) < 4.78 is 10.3. The third-order valence-electron chi connectivity index (χ3n) is 1.81. The van der Waals surface area contributed by atoms with Crippen molar-refractivity contribution in [2.75, 3.05) is 11.6 Å². The quantitative estimate of drug-likeness (QED) is 0.645. The molecule has 17 heavy (non-hydrogen) atoms. The van der Waals surface area contributed by atoms with E-state index in [4.69, 9.17) is 8.60 Å². The molecule has 0 amide bonds. The Labute approximate surface area is 102 Å². The van der Waals surface area contributed by atoms with Gasteiger partial charge in [-0.3, -0.25) is 4.79 Å². The summed E-state index contributed by atoms with van der Waals surface area (Å²) in [5, 5.41) is 10.0. The van der Waals surface area contributed by atoms with Crippen molar-refractivity contribution in [3.05, 3.63) is 30.2 Å². The van der Waals surface area contributed by atoms with Crippen LogP contribution in [0.5, 0.6) is 5.75 Å². The fourth-order valence-corrected chi connectivity index (χ4v) is 1.47. The number of aldehydes is 1. The second-order valence-corrected chi connectivity index (χ2v) is 3.47. The molecule has 2 aromatic rings. The Kier molecular flexibility index (Phi) is 3.61. The Hall–Kier alpha value is -2.02. The van der Waals surface area contributed by atoms with Gasteiger partial charge in [-0.05, 0) is 12.1 Å². The van der Waals surface area contributed by atoms with Gasteiger partial charge in [0.25, 0.3) is 5.89 Å². The summed E-state index contributed by atoms with van der Waals surface area (Å²) in [6.45, 7) is 0. The Morgan fingerprint density at radius 1 is 1.47 bits per heavy atom. The molecule has 1 N–H and O–H groups in total. The standard InChI is InChI=1S/C10H9N3O3S/c1-17-16-8-4-2-3-7(5-8)11-10-13-12-9(6-14)15-10/h2-6H,1H3,(H,11,13). The van der Waals surface area contributed by atoms with E-state index in [1.807, 2.05) is 24.5 Å². The smallest absolute Gasteiger partial charge is 0.320 e. The Bertz CT molecular complexity index is 515. The molecule has 0 saturated heterocycles. The van der Waals surface area contributed by atoms with E-state index in [0.29, 0.717) is 12.0 Å². The van der Waals surface area contributed by atoms with Gasteiger partial charge < -0.3 is 13.9 Å².